The molecular formula is C14H23BrN2O2S2. The first-order valence-electron chi connectivity index (χ1n) is 7.14. The van der Waals surface area contributed by atoms with Crippen molar-refractivity contribution in [2.45, 2.75) is 57.0 Å². The van der Waals surface area contributed by atoms with Crippen molar-refractivity contribution < 1.29 is 8.42 Å². The Kier molecular flexibility index (Phi) is 5.20. The van der Waals surface area contributed by atoms with E-state index in [0.717, 1.165) is 30.6 Å². The lowest BCUT2D eigenvalue weighted by molar-refractivity contribution is 0.174. The standard InChI is InChI=1S/C14H23BrN2O2S2/c1-14(2)6-4-10(5-7-14)17(3)21(18,19)12-8-11(9-16)20-13(12)15/h8,10H,4-7,9,16H2,1-3H3. The predicted octanol–water partition coefficient (Wildman–Crippen LogP) is 3.56. The summed E-state index contributed by atoms with van der Waals surface area (Å²) >= 11 is 4.75. The molecule has 0 aliphatic heterocycles. The van der Waals surface area contributed by atoms with Crippen LogP contribution in [0.15, 0.2) is 14.7 Å². The number of sulfonamides is 1. The molecule has 7 heteroatoms. The summed E-state index contributed by atoms with van der Waals surface area (Å²) in [5, 5.41) is 0. The van der Waals surface area contributed by atoms with Crippen LogP contribution < -0.4 is 5.73 Å². The summed E-state index contributed by atoms with van der Waals surface area (Å²) in [5.74, 6) is 0. The van der Waals surface area contributed by atoms with Gasteiger partial charge in [0, 0.05) is 24.5 Å². The molecule has 0 unspecified atom stereocenters. The van der Waals surface area contributed by atoms with Crippen molar-refractivity contribution in [2.75, 3.05) is 7.05 Å². The van der Waals surface area contributed by atoms with Crippen LogP contribution >= 0.6 is 27.3 Å². The molecule has 2 rings (SSSR count). The van der Waals surface area contributed by atoms with Crippen LogP contribution in [0.4, 0.5) is 0 Å². The maximum Gasteiger partial charge on any atom is 0.245 e. The third kappa shape index (κ3) is 3.69. The summed E-state index contributed by atoms with van der Waals surface area (Å²) in [6.07, 6.45) is 3.98. The number of halogens is 1. The fraction of sp³-hybridized carbons (Fsp3) is 0.714. The highest BCUT2D eigenvalue weighted by Crippen LogP contribution is 2.39. The number of rotatable bonds is 4. The molecule has 1 heterocycles. The molecule has 0 atom stereocenters. The van der Waals surface area contributed by atoms with Crippen molar-refractivity contribution in [1.29, 1.82) is 0 Å². The molecule has 1 aliphatic rings. The molecule has 1 aliphatic carbocycles. The Labute approximate surface area is 139 Å². The van der Waals surface area contributed by atoms with Gasteiger partial charge in [-0.25, -0.2) is 8.42 Å². The van der Waals surface area contributed by atoms with Crippen LogP contribution in [-0.2, 0) is 16.6 Å². The second-order valence-electron chi connectivity index (χ2n) is 6.47. The van der Waals surface area contributed by atoms with Crippen molar-refractivity contribution in [3.63, 3.8) is 0 Å². The van der Waals surface area contributed by atoms with Crippen LogP contribution in [0.1, 0.15) is 44.4 Å². The number of nitrogens with two attached hydrogens (primary N) is 1. The summed E-state index contributed by atoms with van der Waals surface area (Å²) in [4.78, 5) is 1.22. The number of hydrogen-bond donors (Lipinski definition) is 1. The summed E-state index contributed by atoms with van der Waals surface area (Å²) in [6.45, 7) is 4.86. The van der Waals surface area contributed by atoms with E-state index in [1.54, 1.807) is 17.4 Å². The predicted molar refractivity (Wildman–Crippen MR) is 90.9 cm³/mol. The minimum Gasteiger partial charge on any atom is -0.326 e. The van der Waals surface area contributed by atoms with E-state index in [9.17, 15) is 8.42 Å². The number of hydrogen-bond acceptors (Lipinski definition) is 4. The van der Waals surface area contributed by atoms with Crippen molar-refractivity contribution in [2.24, 2.45) is 11.1 Å². The lowest BCUT2D eigenvalue weighted by Gasteiger charge is -2.37. The zero-order chi connectivity index (χ0) is 15.8. The van der Waals surface area contributed by atoms with E-state index in [1.807, 2.05) is 0 Å². The quantitative estimate of drug-likeness (QED) is 0.848. The minimum atomic E-state index is -3.45. The van der Waals surface area contributed by atoms with E-state index >= 15 is 0 Å². The van der Waals surface area contributed by atoms with Crippen molar-refractivity contribution in [3.05, 3.63) is 14.7 Å². The molecule has 1 fully saturated rings. The third-order valence-corrected chi connectivity index (χ3v) is 8.57. The average molecular weight is 395 g/mol. The van der Waals surface area contributed by atoms with Crippen molar-refractivity contribution >= 4 is 37.3 Å². The molecule has 120 valence electrons. The summed E-state index contributed by atoms with van der Waals surface area (Å²) in [5.41, 5.74) is 5.94. The Balaban J connectivity index is 2.21. The molecule has 0 aromatic carbocycles. The molecule has 21 heavy (non-hydrogen) atoms. The van der Waals surface area contributed by atoms with Gasteiger partial charge in [0.15, 0.2) is 0 Å². The molecular weight excluding hydrogens is 372 g/mol. The smallest absolute Gasteiger partial charge is 0.245 e. The van der Waals surface area contributed by atoms with E-state index in [0.29, 0.717) is 20.6 Å². The fourth-order valence-corrected chi connectivity index (χ4v) is 6.70. The van der Waals surface area contributed by atoms with Crippen molar-refractivity contribution in [3.8, 4) is 0 Å². The Morgan fingerprint density at radius 1 is 1.43 bits per heavy atom. The van der Waals surface area contributed by atoms with Gasteiger partial charge in [0.2, 0.25) is 10.0 Å². The maximum absolute atomic E-state index is 12.8. The normalized spacial score (nSPS) is 20.1. The first kappa shape index (κ1) is 17.4. The fourth-order valence-electron chi connectivity index (χ4n) is 2.77. The van der Waals surface area contributed by atoms with E-state index in [1.165, 1.54) is 11.3 Å². The summed E-state index contributed by atoms with van der Waals surface area (Å²) in [7, 11) is -1.76. The first-order valence-corrected chi connectivity index (χ1v) is 10.2. The maximum atomic E-state index is 12.8. The van der Waals surface area contributed by atoms with Gasteiger partial charge in [-0.1, -0.05) is 13.8 Å². The highest BCUT2D eigenvalue weighted by atomic mass is 79.9. The molecule has 0 spiro atoms. The highest BCUT2D eigenvalue weighted by molar-refractivity contribution is 9.11. The molecule has 1 saturated carbocycles. The zero-order valence-corrected chi connectivity index (χ0v) is 15.9. The average Bonchev–Trinajstić information content (AvgIpc) is 2.80. The molecule has 4 nitrogen and oxygen atoms in total. The third-order valence-electron chi connectivity index (χ3n) is 4.39. The van der Waals surface area contributed by atoms with Gasteiger partial charge in [0.25, 0.3) is 0 Å². The molecule has 0 saturated heterocycles. The monoisotopic (exact) mass is 394 g/mol. The Morgan fingerprint density at radius 3 is 2.48 bits per heavy atom. The summed E-state index contributed by atoms with van der Waals surface area (Å²) in [6, 6.07) is 1.78. The lowest BCUT2D eigenvalue weighted by Crippen LogP contribution is -2.40. The molecule has 0 radical (unpaired) electrons. The minimum absolute atomic E-state index is 0.0937. The lowest BCUT2D eigenvalue weighted by atomic mass is 9.76. The van der Waals surface area contributed by atoms with E-state index in [4.69, 9.17) is 5.73 Å². The van der Waals surface area contributed by atoms with Gasteiger partial charge in [-0.15, -0.1) is 11.3 Å². The van der Waals surface area contributed by atoms with Crippen LogP contribution in [0.25, 0.3) is 0 Å². The van der Waals surface area contributed by atoms with Gasteiger partial charge < -0.3 is 5.73 Å². The van der Waals surface area contributed by atoms with Gasteiger partial charge in [-0.05, 0) is 53.1 Å². The molecule has 2 N–H and O–H groups in total. The molecule has 0 amide bonds. The summed E-state index contributed by atoms with van der Waals surface area (Å²) < 4.78 is 27.8. The second kappa shape index (κ2) is 6.28. The van der Waals surface area contributed by atoms with E-state index in [2.05, 4.69) is 29.8 Å². The largest absolute Gasteiger partial charge is 0.326 e. The topological polar surface area (TPSA) is 63.4 Å². The Hall–Kier alpha value is 0.0500. The molecule has 1 aromatic rings. The Bertz CT molecular complexity index is 600. The number of thiophene rings is 1. The van der Waals surface area contributed by atoms with Crippen LogP contribution in [0, 0.1) is 5.41 Å². The van der Waals surface area contributed by atoms with Gasteiger partial charge in [0.05, 0.1) is 3.79 Å². The second-order valence-corrected chi connectivity index (χ2v) is 10.9. The molecule has 1 aromatic heterocycles. The van der Waals surface area contributed by atoms with Crippen LogP contribution in [0.5, 0.6) is 0 Å². The number of nitrogens with zero attached hydrogens (tertiary/aromatic N) is 1. The zero-order valence-electron chi connectivity index (χ0n) is 12.7. The molecule has 0 bridgehead atoms. The van der Waals surface area contributed by atoms with Crippen molar-refractivity contribution in [1.82, 2.24) is 4.31 Å². The van der Waals surface area contributed by atoms with Gasteiger partial charge >= 0.3 is 0 Å². The first-order chi connectivity index (χ1) is 9.67. The van der Waals surface area contributed by atoms with Gasteiger partial charge in [-0.2, -0.15) is 4.31 Å². The van der Waals surface area contributed by atoms with Gasteiger partial charge in [-0.3, -0.25) is 0 Å². The van der Waals surface area contributed by atoms with Crippen LogP contribution in [0.2, 0.25) is 0 Å². The Morgan fingerprint density at radius 2 is 2.00 bits per heavy atom. The van der Waals surface area contributed by atoms with E-state index < -0.39 is 10.0 Å². The highest BCUT2D eigenvalue weighted by Gasteiger charge is 2.35. The SMILES string of the molecule is CN(C1CCC(C)(C)CC1)S(=O)(=O)c1cc(CN)sc1Br. The van der Waals surface area contributed by atoms with Gasteiger partial charge in [0.1, 0.15) is 4.90 Å². The van der Waals surface area contributed by atoms with E-state index in [-0.39, 0.29) is 6.04 Å². The van der Waals surface area contributed by atoms with Crippen LogP contribution in [0.3, 0.4) is 0 Å². The van der Waals surface area contributed by atoms with Crippen LogP contribution in [-0.4, -0.2) is 25.8 Å².